The maximum Gasteiger partial charge on any atom is 0.285 e. The minimum absolute atomic E-state index is 0.0685. The van der Waals surface area contributed by atoms with Crippen molar-refractivity contribution in [2.45, 2.75) is 0 Å². The number of hydrogen-bond donors (Lipinski definition) is 3. The van der Waals surface area contributed by atoms with Crippen LogP contribution in [-0.4, -0.2) is 30.8 Å². The Morgan fingerprint density at radius 3 is 2.25 bits per heavy atom. The van der Waals surface area contributed by atoms with Gasteiger partial charge in [0.25, 0.3) is 5.91 Å². The molecule has 12 heavy (non-hydrogen) atoms. The molecule has 0 saturated carbocycles. The van der Waals surface area contributed by atoms with Crippen LogP contribution in [0.3, 0.4) is 0 Å². The first-order valence-corrected chi connectivity index (χ1v) is 2.98. The first-order valence-electron chi connectivity index (χ1n) is 2.98. The van der Waals surface area contributed by atoms with Gasteiger partial charge in [-0.25, -0.2) is 4.99 Å². The standard InChI is InChI=1S/C5H10N6O/c1-9-3(2-6)10-11-4(7)5(8)12/h1-2,6H2,(H2,7,11)(H2,8,12)/b10-3-. The minimum Gasteiger partial charge on any atom is -0.378 e. The van der Waals surface area contributed by atoms with E-state index in [1.54, 1.807) is 0 Å². The van der Waals surface area contributed by atoms with E-state index >= 15 is 0 Å². The summed E-state index contributed by atoms with van der Waals surface area (Å²) in [7, 11) is 0. The Kier molecular flexibility index (Phi) is 4.24. The van der Waals surface area contributed by atoms with Crippen LogP contribution in [0, 0.1) is 0 Å². The van der Waals surface area contributed by atoms with Gasteiger partial charge in [0.15, 0.2) is 5.84 Å². The Bertz CT molecular complexity index is 236. The van der Waals surface area contributed by atoms with Gasteiger partial charge in [-0.1, -0.05) is 0 Å². The zero-order valence-corrected chi connectivity index (χ0v) is 6.40. The Morgan fingerprint density at radius 2 is 1.92 bits per heavy atom. The highest BCUT2D eigenvalue weighted by molar-refractivity contribution is 6.36. The zero-order valence-electron chi connectivity index (χ0n) is 6.40. The van der Waals surface area contributed by atoms with Gasteiger partial charge in [-0.2, -0.15) is 0 Å². The molecule has 0 aromatic carbocycles. The number of amides is 1. The average Bonchev–Trinajstić information content (AvgIpc) is 2.05. The van der Waals surface area contributed by atoms with Crippen molar-refractivity contribution in [1.82, 2.24) is 0 Å². The van der Waals surface area contributed by atoms with Crippen LogP contribution in [0.15, 0.2) is 15.2 Å². The van der Waals surface area contributed by atoms with Crippen LogP contribution < -0.4 is 17.2 Å². The van der Waals surface area contributed by atoms with Gasteiger partial charge in [-0.05, 0) is 6.72 Å². The van der Waals surface area contributed by atoms with Crippen LogP contribution in [0.5, 0.6) is 0 Å². The molecule has 0 aliphatic heterocycles. The lowest BCUT2D eigenvalue weighted by Gasteiger charge is -1.91. The molecular formula is C5H10N6O. The zero-order chi connectivity index (χ0) is 9.56. The number of nitrogens with two attached hydrogens (primary N) is 3. The smallest absolute Gasteiger partial charge is 0.285 e. The third-order valence-electron chi connectivity index (χ3n) is 0.891. The van der Waals surface area contributed by atoms with Gasteiger partial charge in [0, 0.05) is 0 Å². The minimum atomic E-state index is -0.848. The molecule has 1 amide bonds. The van der Waals surface area contributed by atoms with Crippen LogP contribution in [0.1, 0.15) is 0 Å². The second-order valence-corrected chi connectivity index (χ2v) is 1.73. The molecule has 0 saturated heterocycles. The van der Waals surface area contributed by atoms with E-state index in [-0.39, 0.29) is 12.4 Å². The average molecular weight is 170 g/mol. The normalized spacial score (nSPS) is 12.8. The summed E-state index contributed by atoms with van der Waals surface area (Å²) >= 11 is 0. The topological polar surface area (TPSA) is 132 Å². The Labute approximate surface area is 69.0 Å². The fraction of sp³-hybridized carbons (Fsp3) is 0.200. The summed E-state index contributed by atoms with van der Waals surface area (Å²) in [5.74, 6) is -1.07. The predicted molar refractivity (Wildman–Crippen MR) is 46.9 cm³/mol. The molecule has 0 atom stereocenters. The van der Waals surface area contributed by atoms with Gasteiger partial charge >= 0.3 is 0 Å². The van der Waals surface area contributed by atoms with Crippen molar-refractivity contribution >= 4 is 24.3 Å². The molecule has 0 rings (SSSR count). The first-order chi connectivity index (χ1) is 5.61. The fourth-order valence-corrected chi connectivity index (χ4v) is 0.298. The fourth-order valence-electron chi connectivity index (χ4n) is 0.298. The van der Waals surface area contributed by atoms with Crippen LogP contribution >= 0.6 is 0 Å². The van der Waals surface area contributed by atoms with Crippen molar-refractivity contribution in [3.63, 3.8) is 0 Å². The lowest BCUT2D eigenvalue weighted by molar-refractivity contribution is -0.112. The van der Waals surface area contributed by atoms with Crippen molar-refractivity contribution in [3.8, 4) is 0 Å². The number of carbonyl (C=O) groups excluding carboxylic acids is 1. The summed E-state index contributed by atoms with van der Waals surface area (Å²) in [6.45, 7) is 3.24. The van der Waals surface area contributed by atoms with E-state index in [4.69, 9.17) is 17.2 Å². The summed E-state index contributed by atoms with van der Waals surface area (Å²) in [4.78, 5) is 13.7. The van der Waals surface area contributed by atoms with E-state index in [1.165, 1.54) is 0 Å². The molecule has 0 bridgehead atoms. The van der Waals surface area contributed by atoms with Crippen LogP contribution in [0.25, 0.3) is 0 Å². The first kappa shape index (κ1) is 10.2. The molecule has 6 N–H and O–H groups in total. The van der Waals surface area contributed by atoms with Gasteiger partial charge in [-0.3, -0.25) is 4.79 Å². The Morgan fingerprint density at radius 1 is 1.33 bits per heavy atom. The summed E-state index contributed by atoms with van der Waals surface area (Å²) in [5, 5.41) is 6.67. The summed E-state index contributed by atoms with van der Waals surface area (Å²) in [6.07, 6.45) is 0. The monoisotopic (exact) mass is 170 g/mol. The van der Waals surface area contributed by atoms with Gasteiger partial charge in [0.05, 0.1) is 6.54 Å². The maximum atomic E-state index is 10.3. The van der Waals surface area contributed by atoms with E-state index < -0.39 is 11.7 Å². The van der Waals surface area contributed by atoms with Gasteiger partial charge in [0.2, 0.25) is 5.84 Å². The number of carbonyl (C=O) groups is 1. The molecule has 66 valence electrons. The van der Waals surface area contributed by atoms with Gasteiger partial charge in [-0.15, -0.1) is 10.2 Å². The summed E-state index contributed by atoms with van der Waals surface area (Å²) in [5.41, 5.74) is 15.0. The summed E-state index contributed by atoms with van der Waals surface area (Å²) in [6, 6.07) is 0. The van der Waals surface area contributed by atoms with Crippen molar-refractivity contribution in [2.75, 3.05) is 6.54 Å². The Balaban J connectivity index is 4.44. The number of hydrogen-bond acceptors (Lipinski definition) is 4. The van der Waals surface area contributed by atoms with Crippen molar-refractivity contribution in [3.05, 3.63) is 0 Å². The third-order valence-corrected chi connectivity index (χ3v) is 0.891. The highest BCUT2D eigenvalue weighted by Gasteiger charge is 1.98. The number of amidine groups is 2. The second kappa shape index (κ2) is 4.97. The second-order valence-electron chi connectivity index (χ2n) is 1.73. The largest absolute Gasteiger partial charge is 0.378 e. The molecular weight excluding hydrogens is 160 g/mol. The molecule has 0 aliphatic carbocycles. The molecule has 0 unspecified atom stereocenters. The lowest BCUT2D eigenvalue weighted by Crippen LogP contribution is -2.30. The number of aliphatic imine (C=N–C) groups is 1. The predicted octanol–water partition coefficient (Wildman–Crippen LogP) is -2.20. The molecule has 0 aliphatic rings. The third kappa shape index (κ3) is 3.42. The van der Waals surface area contributed by atoms with Crippen molar-refractivity contribution in [1.29, 1.82) is 0 Å². The quantitative estimate of drug-likeness (QED) is 0.247. The van der Waals surface area contributed by atoms with E-state index in [9.17, 15) is 4.79 Å². The van der Waals surface area contributed by atoms with Crippen LogP contribution in [-0.2, 0) is 4.79 Å². The molecule has 0 heterocycles. The number of rotatable bonds is 2. The number of primary amides is 1. The van der Waals surface area contributed by atoms with Gasteiger partial charge in [0.1, 0.15) is 0 Å². The lowest BCUT2D eigenvalue weighted by atomic mass is 10.6. The SMILES string of the molecule is C=N/C(CN)=N\N=C(/N)C(N)=O. The molecule has 0 radical (unpaired) electrons. The van der Waals surface area contributed by atoms with Crippen molar-refractivity contribution in [2.24, 2.45) is 32.4 Å². The van der Waals surface area contributed by atoms with Crippen LogP contribution in [0.2, 0.25) is 0 Å². The van der Waals surface area contributed by atoms with E-state index in [2.05, 4.69) is 21.9 Å². The molecule has 0 aromatic rings. The van der Waals surface area contributed by atoms with Crippen LogP contribution in [0.4, 0.5) is 0 Å². The van der Waals surface area contributed by atoms with E-state index in [0.29, 0.717) is 0 Å². The highest BCUT2D eigenvalue weighted by Crippen LogP contribution is 1.79. The van der Waals surface area contributed by atoms with Gasteiger partial charge < -0.3 is 17.2 Å². The maximum absolute atomic E-state index is 10.3. The van der Waals surface area contributed by atoms with Crippen molar-refractivity contribution < 1.29 is 4.79 Å². The molecule has 7 heteroatoms. The molecule has 0 spiro atoms. The number of nitrogens with zero attached hydrogens (tertiary/aromatic N) is 3. The summed E-state index contributed by atoms with van der Waals surface area (Å²) < 4.78 is 0. The van der Waals surface area contributed by atoms with E-state index in [1.807, 2.05) is 0 Å². The Hall–Kier alpha value is -1.76. The molecule has 0 aromatic heterocycles. The molecule has 7 nitrogen and oxygen atoms in total. The highest BCUT2D eigenvalue weighted by atomic mass is 16.1. The van der Waals surface area contributed by atoms with E-state index in [0.717, 1.165) is 0 Å². The molecule has 0 fully saturated rings.